The van der Waals surface area contributed by atoms with Crippen molar-refractivity contribution in [3.63, 3.8) is 0 Å². The fourth-order valence-corrected chi connectivity index (χ4v) is 3.07. The zero-order valence-electron chi connectivity index (χ0n) is 7.37. The number of nitrogens with zero attached hydrogens (tertiary/aromatic N) is 1. The highest BCUT2D eigenvalue weighted by molar-refractivity contribution is 7.16. The first-order valence-corrected chi connectivity index (χ1v) is 6.33. The largest absolute Gasteiger partial charge is 0.330 e. The maximum Gasteiger partial charge on any atom is 0.125 e. The molecule has 5 heteroatoms. The van der Waals surface area contributed by atoms with Crippen molar-refractivity contribution >= 4 is 34.3 Å². The van der Waals surface area contributed by atoms with E-state index in [1.807, 2.05) is 16.8 Å². The van der Waals surface area contributed by atoms with Crippen LogP contribution < -0.4 is 5.73 Å². The normalized spacial score (nSPS) is 10.7. The van der Waals surface area contributed by atoms with Gasteiger partial charge in [-0.3, -0.25) is 0 Å². The molecule has 0 saturated heterocycles. The molecule has 0 aromatic carbocycles. The van der Waals surface area contributed by atoms with E-state index in [0.29, 0.717) is 6.54 Å². The first kappa shape index (κ1) is 10.1. The Bertz CT molecular complexity index is 422. The molecule has 2 aromatic heterocycles. The lowest BCUT2D eigenvalue weighted by Crippen LogP contribution is -2.02. The van der Waals surface area contributed by atoms with Gasteiger partial charge in [-0.1, -0.05) is 11.6 Å². The van der Waals surface area contributed by atoms with Gasteiger partial charge >= 0.3 is 0 Å². The van der Waals surface area contributed by atoms with Crippen LogP contribution in [0, 0.1) is 0 Å². The summed E-state index contributed by atoms with van der Waals surface area (Å²) in [7, 11) is 0. The zero-order valence-corrected chi connectivity index (χ0v) is 9.75. The number of halogens is 1. The Morgan fingerprint density at radius 2 is 2.29 bits per heavy atom. The van der Waals surface area contributed by atoms with Crippen molar-refractivity contribution in [2.45, 2.75) is 6.42 Å². The maximum absolute atomic E-state index is 6.02. The maximum atomic E-state index is 6.02. The minimum Gasteiger partial charge on any atom is -0.330 e. The van der Waals surface area contributed by atoms with Crippen LogP contribution in [0.2, 0.25) is 4.34 Å². The van der Waals surface area contributed by atoms with Crippen LogP contribution in [0.15, 0.2) is 16.8 Å². The number of aromatic nitrogens is 1. The molecule has 2 heterocycles. The van der Waals surface area contributed by atoms with Gasteiger partial charge in [0.2, 0.25) is 0 Å². The smallest absolute Gasteiger partial charge is 0.125 e. The van der Waals surface area contributed by atoms with Gasteiger partial charge in [0, 0.05) is 17.4 Å². The highest BCUT2D eigenvalue weighted by Crippen LogP contribution is 2.34. The van der Waals surface area contributed by atoms with Crippen molar-refractivity contribution in [1.82, 2.24) is 4.98 Å². The molecule has 2 N–H and O–H groups in total. The molecule has 0 amide bonds. The fourth-order valence-electron chi connectivity index (χ4n) is 1.14. The van der Waals surface area contributed by atoms with Crippen LogP contribution in [0.5, 0.6) is 0 Å². The van der Waals surface area contributed by atoms with Crippen molar-refractivity contribution in [3.05, 3.63) is 26.9 Å². The van der Waals surface area contributed by atoms with E-state index in [-0.39, 0.29) is 0 Å². The molecule has 0 aliphatic carbocycles. The molecule has 0 aliphatic heterocycles. The molecule has 2 nitrogen and oxygen atoms in total. The standard InChI is InChI=1S/C9H9ClN2S2/c10-8-7(2-4-13-8)9-12-6(1-3-11)5-14-9/h2,4-5H,1,3,11H2. The predicted molar refractivity (Wildman–Crippen MR) is 63.2 cm³/mol. The van der Waals surface area contributed by atoms with Crippen molar-refractivity contribution in [2.24, 2.45) is 5.73 Å². The van der Waals surface area contributed by atoms with Gasteiger partial charge in [0.15, 0.2) is 0 Å². The van der Waals surface area contributed by atoms with Gasteiger partial charge in [-0.25, -0.2) is 4.98 Å². The minimum absolute atomic E-state index is 0.639. The number of rotatable bonds is 3. The third kappa shape index (κ3) is 1.98. The lowest BCUT2D eigenvalue weighted by molar-refractivity contribution is 0.936. The van der Waals surface area contributed by atoms with Crippen molar-refractivity contribution in [1.29, 1.82) is 0 Å². The molecule has 0 saturated carbocycles. The molecule has 14 heavy (non-hydrogen) atoms. The average molecular weight is 245 g/mol. The summed E-state index contributed by atoms with van der Waals surface area (Å²) in [5, 5.41) is 5.00. The molecule has 2 rings (SSSR count). The summed E-state index contributed by atoms with van der Waals surface area (Å²) in [6.07, 6.45) is 0.832. The molecule has 2 aromatic rings. The Balaban J connectivity index is 2.29. The van der Waals surface area contributed by atoms with Crippen LogP contribution >= 0.6 is 34.3 Å². The molecule has 0 unspecified atom stereocenters. The number of hydrogen-bond donors (Lipinski definition) is 1. The highest BCUT2D eigenvalue weighted by atomic mass is 35.5. The van der Waals surface area contributed by atoms with Crippen LogP contribution in [0.4, 0.5) is 0 Å². The van der Waals surface area contributed by atoms with Crippen LogP contribution in [0.25, 0.3) is 10.6 Å². The molecular formula is C9H9ClN2S2. The predicted octanol–water partition coefficient (Wildman–Crippen LogP) is 3.03. The molecular weight excluding hydrogens is 236 g/mol. The summed E-state index contributed by atoms with van der Waals surface area (Å²) in [5.41, 5.74) is 7.54. The van der Waals surface area contributed by atoms with E-state index in [1.54, 1.807) is 11.3 Å². The third-order valence-electron chi connectivity index (χ3n) is 1.80. The van der Waals surface area contributed by atoms with Gasteiger partial charge in [-0.05, 0) is 18.0 Å². The number of hydrogen-bond acceptors (Lipinski definition) is 4. The van der Waals surface area contributed by atoms with Crippen molar-refractivity contribution in [2.75, 3.05) is 6.54 Å². The summed E-state index contributed by atoms with van der Waals surface area (Å²) in [5.74, 6) is 0. The van der Waals surface area contributed by atoms with Gasteiger partial charge in [-0.15, -0.1) is 22.7 Å². The van der Waals surface area contributed by atoms with E-state index >= 15 is 0 Å². The zero-order chi connectivity index (χ0) is 9.97. The van der Waals surface area contributed by atoms with E-state index in [4.69, 9.17) is 17.3 Å². The first-order chi connectivity index (χ1) is 6.81. The van der Waals surface area contributed by atoms with Crippen LogP contribution in [-0.4, -0.2) is 11.5 Å². The number of thiazole rings is 1. The summed E-state index contributed by atoms with van der Waals surface area (Å²) < 4.78 is 0.804. The van der Waals surface area contributed by atoms with E-state index in [2.05, 4.69) is 4.98 Å². The highest BCUT2D eigenvalue weighted by Gasteiger charge is 2.08. The van der Waals surface area contributed by atoms with Crippen LogP contribution in [0.3, 0.4) is 0 Å². The van der Waals surface area contributed by atoms with Gasteiger partial charge < -0.3 is 5.73 Å². The number of thiophene rings is 1. The molecule has 0 atom stereocenters. The summed E-state index contributed by atoms with van der Waals surface area (Å²) in [6, 6.07) is 2.00. The van der Waals surface area contributed by atoms with Gasteiger partial charge in [0.05, 0.1) is 5.69 Å². The monoisotopic (exact) mass is 244 g/mol. The fraction of sp³-hybridized carbons (Fsp3) is 0.222. The SMILES string of the molecule is NCCc1csc(-c2ccsc2Cl)n1. The summed E-state index contributed by atoms with van der Waals surface area (Å²) >= 11 is 9.17. The Labute approximate surface area is 95.4 Å². The Kier molecular flexibility index (Phi) is 3.18. The van der Waals surface area contributed by atoms with E-state index < -0.39 is 0 Å². The lowest BCUT2D eigenvalue weighted by atomic mass is 10.3. The van der Waals surface area contributed by atoms with Crippen LogP contribution in [-0.2, 0) is 6.42 Å². The molecule has 0 radical (unpaired) electrons. The second-order valence-electron chi connectivity index (χ2n) is 2.79. The van der Waals surface area contributed by atoms with E-state index in [9.17, 15) is 0 Å². The molecule has 0 spiro atoms. The molecule has 0 fully saturated rings. The molecule has 0 bridgehead atoms. The summed E-state index contributed by atoms with van der Waals surface area (Å²) in [4.78, 5) is 4.46. The third-order valence-corrected chi connectivity index (χ3v) is 3.89. The quantitative estimate of drug-likeness (QED) is 0.902. The Morgan fingerprint density at radius 3 is 2.93 bits per heavy atom. The molecule has 74 valence electrons. The Morgan fingerprint density at radius 1 is 1.43 bits per heavy atom. The average Bonchev–Trinajstić information content (AvgIpc) is 2.74. The number of nitrogens with two attached hydrogens (primary N) is 1. The van der Waals surface area contributed by atoms with Crippen LogP contribution in [0.1, 0.15) is 5.69 Å². The topological polar surface area (TPSA) is 38.9 Å². The Hall–Kier alpha value is -0.420. The van der Waals surface area contributed by atoms with Gasteiger partial charge in [0.1, 0.15) is 9.34 Å². The second kappa shape index (κ2) is 4.40. The minimum atomic E-state index is 0.639. The van der Waals surface area contributed by atoms with E-state index in [0.717, 1.165) is 27.0 Å². The summed E-state index contributed by atoms with van der Waals surface area (Å²) in [6.45, 7) is 0.639. The van der Waals surface area contributed by atoms with Gasteiger partial charge in [-0.2, -0.15) is 0 Å². The first-order valence-electron chi connectivity index (χ1n) is 4.19. The van der Waals surface area contributed by atoms with Gasteiger partial charge in [0.25, 0.3) is 0 Å². The molecule has 0 aliphatic rings. The van der Waals surface area contributed by atoms with Crippen molar-refractivity contribution in [3.8, 4) is 10.6 Å². The van der Waals surface area contributed by atoms with E-state index in [1.165, 1.54) is 11.3 Å². The second-order valence-corrected chi connectivity index (χ2v) is 5.17. The van der Waals surface area contributed by atoms with Crippen molar-refractivity contribution < 1.29 is 0 Å². The lowest BCUT2D eigenvalue weighted by Gasteiger charge is -1.91.